The minimum Gasteiger partial charge on any atom is -0.495 e. The molecule has 1 fully saturated rings. The summed E-state index contributed by atoms with van der Waals surface area (Å²) in [6.45, 7) is 5.05. The summed E-state index contributed by atoms with van der Waals surface area (Å²) in [6, 6.07) is 13.9. The summed E-state index contributed by atoms with van der Waals surface area (Å²) < 4.78 is 7.57. The van der Waals surface area contributed by atoms with E-state index in [4.69, 9.17) is 4.74 Å². The van der Waals surface area contributed by atoms with Crippen molar-refractivity contribution in [2.45, 2.75) is 13.3 Å². The number of hydrogen-bond donors (Lipinski definition) is 0. The van der Waals surface area contributed by atoms with Gasteiger partial charge >= 0.3 is 0 Å². The van der Waals surface area contributed by atoms with Crippen molar-refractivity contribution >= 4 is 22.6 Å². The molecule has 0 saturated carbocycles. The average Bonchev–Trinajstić information content (AvgIpc) is 3.08. The molecule has 1 saturated heterocycles. The van der Waals surface area contributed by atoms with Crippen molar-refractivity contribution in [3.8, 4) is 5.75 Å². The zero-order valence-corrected chi connectivity index (χ0v) is 16.7. The molecule has 28 heavy (non-hydrogen) atoms. The van der Waals surface area contributed by atoms with Gasteiger partial charge in [-0.25, -0.2) is 4.98 Å². The van der Waals surface area contributed by atoms with Gasteiger partial charge in [0.15, 0.2) is 0 Å². The maximum atomic E-state index is 13.0. The highest BCUT2D eigenvalue weighted by molar-refractivity contribution is 5.97. The lowest BCUT2D eigenvalue weighted by Gasteiger charge is -2.36. The number of amides is 1. The Hall–Kier alpha value is -3.02. The molecule has 0 spiro atoms. The number of imidazole rings is 1. The minimum atomic E-state index is 0.0743. The van der Waals surface area contributed by atoms with Crippen LogP contribution in [0.3, 0.4) is 0 Å². The number of aromatic nitrogens is 2. The molecule has 0 bridgehead atoms. The van der Waals surface area contributed by atoms with E-state index >= 15 is 0 Å². The molecule has 146 valence electrons. The third-order valence-electron chi connectivity index (χ3n) is 5.53. The van der Waals surface area contributed by atoms with Crippen LogP contribution in [0.4, 0.5) is 5.69 Å². The van der Waals surface area contributed by atoms with Gasteiger partial charge in [0.2, 0.25) is 0 Å². The van der Waals surface area contributed by atoms with Crippen molar-refractivity contribution in [3.63, 3.8) is 0 Å². The van der Waals surface area contributed by atoms with Crippen molar-refractivity contribution in [3.05, 3.63) is 53.9 Å². The standard InChI is InChI=1S/C22H26N4O2/c1-4-21-23-17-15-16(9-10-18(17)24(21)2)22(27)26-13-11-25(12-14-26)19-7-5-6-8-20(19)28-3/h5-10,15H,4,11-14H2,1-3H3. The van der Waals surface area contributed by atoms with Crippen molar-refractivity contribution < 1.29 is 9.53 Å². The fourth-order valence-corrected chi connectivity index (χ4v) is 3.92. The van der Waals surface area contributed by atoms with Gasteiger partial charge in [-0.1, -0.05) is 19.1 Å². The van der Waals surface area contributed by atoms with Gasteiger partial charge in [-0.05, 0) is 30.3 Å². The number of carbonyl (C=O) groups excluding carboxylic acids is 1. The molecular formula is C22H26N4O2. The van der Waals surface area contributed by atoms with Crippen LogP contribution in [-0.2, 0) is 13.5 Å². The third kappa shape index (κ3) is 3.19. The first-order valence-electron chi connectivity index (χ1n) is 9.75. The SMILES string of the molecule is CCc1nc2cc(C(=O)N3CCN(c4ccccc4OC)CC3)ccc2n1C. The van der Waals surface area contributed by atoms with Gasteiger partial charge < -0.3 is 19.1 Å². The second-order valence-electron chi connectivity index (χ2n) is 7.10. The van der Waals surface area contributed by atoms with Gasteiger partial charge in [0.25, 0.3) is 5.91 Å². The van der Waals surface area contributed by atoms with Gasteiger partial charge in [-0.3, -0.25) is 4.79 Å². The molecule has 1 aliphatic heterocycles. The summed E-state index contributed by atoms with van der Waals surface area (Å²) in [5, 5.41) is 0. The van der Waals surface area contributed by atoms with Crippen LogP contribution in [0.25, 0.3) is 11.0 Å². The van der Waals surface area contributed by atoms with Crippen LogP contribution >= 0.6 is 0 Å². The Labute approximate surface area is 165 Å². The molecule has 1 amide bonds. The molecule has 2 heterocycles. The number of piperazine rings is 1. The molecule has 0 atom stereocenters. The number of aryl methyl sites for hydroxylation is 2. The van der Waals surface area contributed by atoms with Crippen molar-refractivity contribution in [2.24, 2.45) is 7.05 Å². The van der Waals surface area contributed by atoms with E-state index in [1.165, 1.54) is 0 Å². The number of nitrogens with zero attached hydrogens (tertiary/aromatic N) is 4. The quantitative estimate of drug-likeness (QED) is 0.700. The highest BCUT2D eigenvalue weighted by Gasteiger charge is 2.24. The van der Waals surface area contributed by atoms with Gasteiger partial charge in [0.1, 0.15) is 11.6 Å². The van der Waals surface area contributed by atoms with Crippen LogP contribution in [0, 0.1) is 0 Å². The van der Waals surface area contributed by atoms with Gasteiger partial charge in [0, 0.05) is 45.2 Å². The Kier molecular flexibility index (Phi) is 4.94. The van der Waals surface area contributed by atoms with Crippen LogP contribution in [0.2, 0.25) is 0 Å². The molecule has 3 aromatic rings. The number of carbonyl (C=O) groups is 1. The smallest absolute Gasteiger partial charge is 0.254 e. The summed E-state index contributed by atoms with van der Waals surface area (Å²) in [4.78, 5) is 21.9. The highest BCUT2D eigenvalue weighted by Crippen LogP contribution is 2.28. The Balaban J connectivity index is 1.49. The molecule has 4 rings (SSSR count). The summed E-state index contributed by atoms with van der Waals surface area (Å²) in [7, 11) is 3.71. The predicted molar refractivity (Wildman–Crippen MR) is 111 cm³/mol. The molecular weight excluding hydrogens is 352 g/mol. The summed E-state index contributed by atoms with van der Waals surface area (Å²) in [6.07, 6.45) is 0.874. The molecule has 0 aliphatic carbocycles. The lowest BCUT2D eigenvalue weighted by molar-refractivity contribution is 0.0747. The second kappa shape index (κ2) is 7.54. The first-order valence-corrected chi connectivity index (χ1v) is 9.75. The Morgan fingerprint density at radius 3 is 2.57 bits per heavy atom. The average molecular weight is 378 g/mol. The molecule has 0 unspecified atom stereocenters. The largest absolute Gasteiger partial charge is 0.495 e. The van der Waals surface area contributed by atoms with E-state index in [0.29, 0.717) is 18.7 Å². The fraction of sp³-hybridized carbons (Fsp3) is 0.364. The zero-order valence-electron chi connectivity index (χ0n) is 16.7. The number of rotatable bonds is 4. The fourth-order valence-electron chi connectivity index (χ4n) is 3.92. The van der Waals surface area contributed by atoms with E-state index in [1.807, 2.05) is 48.3 Å². The number of hydrogen-bond acceptors (Lipinski definition) is 4. The number of methoxy groups -OCH3 is 1. The molecule has 1 aromatic heterocycles. The predicted octanol–water partition coefficient (Wildman–Crippen LogP) is 3.11. The number of ether oxygens (including phenoxy) is 1. The van der Waals surface area contributed by atoms with E-state index in [1.54, 1.807) is 7.11 Å². The molecule has 6 heteroatoms. The van der Waals surface area contributed by atoms with E-state index in [0.717, 1.165) is 47.8 Å². The van der Waals surface area contributed by atoms with E-state index in [2.05, 4.69) is 27.4 Å². The van der Waals surface area contributed by atoms with Crippen LogP contribution in [0.5, 0.6) is 5.75 Å². The Morgan fingerprint density at radius 2 is 1.86 bits per heavy atom. The topological polar surface area (TPSA) is 50.6 Å². The number of fused-ring (bicyclic) bond motifs is 1. The van der Waals surface area contributed by atoms with Gasteiger partial charge in [-0.2, -0.15) is 0 Å². The lowest BCUT2D eigenvalue weighted by atomic mass is 10.1. The molecule has 0 N–H and O–H groups in total. The van der Waals surface area contributed by atoms with E-state index in [-0.39, 0.29) is 5.91 Å². The number of benzene rings is 2. The maximum Gasteiger partial charge on any atom is 0.254 e. The van der Waals surface area contributed by atoms with Crippen molar-refractivity contribution in [2.75, 3.05) is 38.2 Å². The number of para-hydroxylation sites is 2. The summed E-state index contributed by atoms with van der Waals surface area (Å²) in [5.74, 6) is 1.98. The molecule has 0 radical (unpaired) electrons. The molecule has 2 aromatic carbocycles. The summed E-state index contributed by atoms with van der Waals surface area (Å²) in [5.41, 5.74) is 3.74. The first kappa shape index (κ1) is 18.3. The first-order chi connectivity index (χ1) is 13.6. The lowest BCUT2D eigenvalue weighted by Crippen LogP contribution is -2.48. The Morgan fingerprint density at radius 1 is 1.11 bits per heavy atom. The zero-order chi connectivity index (χ0) is 19.7. The van der Waals surface area contributed by atoms with Crippen LogP contribution in [0.1, 0.15) is 23.1 Å². The van der Waals surface area contributed by atoms with Crippen LogP contribution in [0.15, 0.2) is 42.5 Å². The number of anilines is 1. The van der Waals surface area contributed by atoms with E-state index in [9.17, 15) is 4.79 Å². The van der Waals surface area contributed by atoms with Crippen molar-refractivity contribution in [1.82, 2.24) is 14.5 Å². The monoisotopic (exact) mass is 378 g/mol. The van der Waals surface area contributed by atoms with Crippen molar-refractivity contribution in [1.29, 1.82) is 0 Å². The normalized spacial score (nSPS) is 14.5. The van der Waals surface area contributed by atoms with Gasteiger partial charge in [0.05, 0.1) is 23.8 Å². The Bertz CT molecular complexity index is 1000. The maximum absolute atomic E-state index is 13.0. The van der Waals surface area contributed by atoms with Crippen LogP contribution in [-0.4, -0.2) is 53.6 Å². The van der Waals surface area contributed by atoms with Crippen LogP contribution < -0.4 is 9.64 Å². The van der Waals surface area contributed by atoms with E-state index < -0.39 is 0 Å². The molecule has 6 nitrogen and oxygen atoms in total. The third-order valence-corrected chi connectivity index (χ3v) is 5.53. The highest BCUT2D eigenvalue weighted by atomic mass is 16.5. The van der Waals surface area contributed by atoms with Gasteiger partial charge in [-0.15, -0.1) is 0 Å². The minimum absolute atomic E-state index is 0.0743. The molecule has 1 aliphatic rings. The second-order valence-corrected chi connectivity index (χ2v) is 7.10. The summed E-state index contributed by atoms with van der Waals surface area (Å²) >= 11 is 0.